The maximum atomic E-state index is 14.8. The number of aldehydes is 1. The number of nitrogens with zero attached hydrogens (tertiary/aromatic N) is 6. The minimum Gasteiger partial charge on any atom is -0.360 e. The molecule has 3 heterocycles. The van der Waals surface area contributed by atoms with Gasteiger partial charge >= 0.3 is 6.18 Å². The Labute approximate surface area is 184 Å². The van der Waals surface area contributed by atoms with Crippen LogP contribution in [0, 0.1) is 6.92 Å². The van der Waals surface area contributed by atoms with Gasteiger partial charge in [-0.15, -0.1) is 0 Å². The number of nitrogens with one attached hydrogen (secondary N) is 1. The molecule has 174 valence electrons. The maximum Gasteiger partial charge on any atom is 0.419 e. The average molecular weight is 467 g/mol. The summed E-state index contributed by atoms with van der Waals surface area (Å²) in [6.45, 7) is 1.39. The Bertz CT molecular complexity index is 1130. The first kappa shape index (κ1) is 22.6. The monoisotopic (exact) mass is 467 g/mol. The van der Waals surface area contributed by atoms with Crippen molar-refractivity contribution in [1.29, 1.82) is 0 Å². The van der Waals surface area contributed by atoms with Crippen LogP contribution < -0.4 is 10.2 Å². The number of rotatable bonds is 6. The first-order valence-electron chi connectivity index (χ1n) is 9.85. The average Bonchev–Trinajstić information content (AvgIpc) is 3.39. The van der Waals surface area contributed by atoms with E-state index < -0.39 is 30.1 Å². The summed E-state index contributed by atoms with van der Waals surface area (Å²) in [5, 5.41) is 10.7. The lowest BCUT2D eigenvalue weighted by atomic mass is 10.0. The zero-order valence-electron chi connectivity index (χ0n) is 17.2. The van der Waals surface area contributed by atoms with Gasteiger partial charge in [0.25, 0.3) is 5.92 Å². The standard InChI is InChI=1S/C20H18F5N7O/c1-12-15(3-2-13(11-33)17(12)32-29-5-6-30-32)31-7-4-19(21,22)16(31)10-28-18-26-8-14(9-27-18)20(23,24)25/h2-3,5-6,8-9,11,16H,4,7,10H2,1H3,(H,26,27,28)/t16-/m1/s1. The number of hydrogen-bond acceptors (Lipinski definition) is 7. The van der Waals surface area contributed by atoms with Gasteiger partial charge < -0.3 is 10.2 Å². The van der Waals surface area contributed by atoms with E-state index >= 15 is 0 Å². The van der Waals surface area contributed by atoms with Crippen LogP contribution in [0.2, 0.25) is 0 Å². The lowest BCUT2D eigenvalue weighted by Gasteiger charge is -2.31. The van der Waals surface area contributed by atoms with E-state index in [1.165, 1.54) is 28.2 Å². The third-order valence-electron chi connectivity index (χ3n) is 5.47. The van der Waals surface area contributed by atoms with E-state index in [9.17, 15) is 26.7 Å². The fourth-order valence-corrected chi connectivity index (χ4v) is 3.83. The molecule has 0 amide bonds. The van der Waals surface area contributed by atoms with Gasteiger partial charge in [0.05, 0.1) is 18.0 Å². The Morgan fingerprint density at radius 3 is 2.45 bits per heavy atom. The Morgan fingerprint density at radius 2 is 1.85 bits per heavy atom. The summed E-state index contributed by atoms with van der Waals surface area (Å²) < 4.78 is 67.6. The summed E-state index contributed by atoms with van der Waals surface area (Å²) in [6, 6.07) is 1.76. The number of alkyl halides is 5. The molecule has 2 aromatic heterocycles. The predicted molar refractivity (Wildman–Crippen MR) is 108 cm³/mol. The molecule has 1 atom stereocenters. The van der Waals surface area contributed by atoms with Crippen molar-refractivity contribution in [3.05, 3.63) is 53.6 Å². The SMILES string of the molecule is Cc1c(N2CCC(F)(F)[C@H]2CNc2ncc(C(F)(F)F)cn2)ccc(C=O)c1-n1nccn1. The molecule has 0 aliphatic carbocycles. The van der Waals surface area contributed by atoms with Crippen molar-refractivity contribution in [2.75, 3.05) is 23.3 Å². The molecular weight excluding hydrogens is 449 g/mol. The molecule has 1 N–H and O–H groups in total. The van der Waals surface area contributed by atoms with Crippen LogP contribution in [0.4, 0.5) is 33.6 Å². The number of carbonyl (C=O) groups is 1. The summed E-state index contributed by atoms with van der Waals surface area (Å²) in [7, 11) is 0. The van der Waals surface area contributed by atoms with Gasteiger partial charge in [0.1, 0.15) is 11.7 Å². The summed E-state index contributed by atoms with van der Waals surface area (Å²) in [6.07, 6.45) is -0.341. The molecule has 1 aliphatic heterocycles. The lowest BCUT2D eigenvalue weighted by Crippen LogP contribution is -2.44. The van der Waals surface area contributed by atoms with E-state index in [-0.39, 0.29) is 19.0 Å². The highest BCUT2D eigenvalue weighted by Crippen LogP contribution is 2.40. The molecule has 0 bridgehead atoms. The molecule has 1 saturated heterocycles. The van der Waals surface area contributed by atoms with E-state index in [2.05, 4.69) is 25.5 Å². The second kappa shape index (κ2) is 8.37. The third-order valence-corrected chi connectivity index (χ3v) is 5.47. The van der Waals surface area contributed by atoms with Crippen LogP contribution >= 0.6 is 0 Å². The number of halogens is 5. The number of benzene rings is 1. The van der Waals surface area contributed by atoms with Gasteiger partial charge in [-0.1, -0.05) is 0 Å². The molecule has 0 saturated carbocycles. The fraction of sp³-hybridized carbons (Fsp3) is 0.350. The largest absolute Gasteiger partial charge is 0.419 e. The Kier molecular flexibility index (Phi) is 5.72. The zero-order chi connectivity index (χ0) is 23.8. The topological polar surface area (TPSA) is 88.8 Å². The van der Waals surface area contributed by atoms with E-state index in [0.29, 0.717) is 41.2 Å². The van der Waals surface area contributed by atoms with Crippen LogP contribution in [0.5, 0.6) is 0 Å². The molecule has 1 aliphatic rings. The lowest BCUT2D eigenvalue weighted by molar-refractivity contribution is -0.138. The number of hydrogen-bond donors (Lipinski definition) is 1. The van der Waals surface area contributed by atoms with Gasteiger partial charge in [-0.05, 0) is 19.1 Å². The molecule has 1 aromatic carbocycles. The van der Waals surface area contributed by atoms with Gasteiger partial charge in [-0.25, -0.2) is 18.7 Å². The molecule has 0 radical (unpaired) electrons. The first-order chi connectivity index (χ1) is 15.6. The molecule has 0 spiro atoms. The summed E-state index contributed by atoms with van der Waals surface area (Å²) in [4.78, 5) is 21.4. The van der Waals surface area contributed by atoms with E-state index in [1.807, 2.05) is 0 Å². The second-order valence-corrected chi connectivity index (χ2v) is 7.48. The van der Waals surface area contributed by atoms with Crippen LogP contribution in [0.25, 0.3) is 5.69 Å². The van der Waals surface area contributed by atoms with Crippen molar-refractivity contribution >= 4 is 17.9 Å². The quantitative estimate of drug-likeness (QED) is 0.438. The molecule has 1 fully saturated rings. The minimum absolute atomic E-state index is 0.0282. The van der Waals surface area contributed by atoms with Crippen LogP contribution in [0.3, 0.4) is 0 Å². The Balaban J connectivity index is 1.61. The maximum absolute atomic E-state index is 14.8. The molecule has 8 nitrogen and oxygen atoms in total. The van der Waals surface area contributed by atoms with Crippen LogP contribution in [0.15, 0.2) is 36.9 Å². The molecule has 0 unspecified atom stereocenters. The van der Waals surface area contributed by atoms with Crippen LogP contribution in [-0.4, -0.2) is 56.3 Å². The Morgan fingerprint density at radius 1 is 1.18 bits per heavy atom. The third kappa shape index (κ3) is 4.34. The summed E-state index contributed by atoms with van der Waals surface area (Å²) >= 11 is 0. The highest BCUT2D eigenvalue weighted by Gasteiger charge is 2.49. The Hall–Kier alpha value is -3.64. The molecule has 3 aromatic rings. The van der Waals surface area contributed by atoms with E-state index in [0.717, 1.165) is 0 Å². The fourth-order valence-electron chi connectivity index (χ4n) is 3.83. The van der Waals surface area contributed by atoms with Gasteiger partial charge in [0, 0.05) is 48.7 Å². The molecular formula is C20H18F5N7O. The normalized spacial score (nSPS) is 17.9. The van der Waals surface area contributed by atoms with Crippen LogP contribution in [0.1, 0.15) is 27.9 Å². The van der Waals surface area contributed by atoms with Crippen molar-refractivity contribution in [3.8, 4) is 5.69 Å². The van der Waals surface area contributed by atoms with Crippen molar-refractivity contribution in [2.45, 2.75) is 31.5 Å². The van der Waals surface area contributed by atoms with Gasteiger partial charge in [-0.2, -0.15) is 28.2 Å². The van der Waals surface area contributed by atoms with Crippen molar-refractivity contribution < 1.29 is 26.7 Å². The van der Waals surface area contributed by atoms with Crippen molar-refractivity contribution in [1.82, 2.24) is 25.0 Å². The smallest absolute Gasteiger partial charge is 0.360 e. The van der Waals surface area contributed by atoms with Gasteiger partial charge in [0.15, 0.2) is 6.29 Å². The number of carbonyl (C=O) groups excluding carboxylic acids is 1. The van der Waals surface area contributed by atoms with Gasteiger partial charge in [0.2, 0.25) is 5.95 Å². The highest BCUT2D eigenvalue weighted by molar-refractivity contribution is 5.84. The first-order valence-corrected chi connectivity index (χ1v) is 9.85. The van der Waals surface area contributed by atoms with Crippen molar-refractivity contribution in [2.24, 2.45) is 0 Å². The molecule has 33 heavy (non-hydrogen) atoms. The van der Waals surface area contributed by atoms with Gasteiger partial charge in [-0.3, -0.25) is 4.79 Å². The number of anilines is 2. The summed E-state index contributed by atoms with van der Waals surface area (Å²) in [5.41, 5.74) is 0.632. The predicted octanol–water partition coefficient (Wildman–Crippen LogP) is 3.52. The minimum atomic E-state index is -4.60. The second-order valence-electron chi connectivity index (χ2n) is 7.48. The van der Waals surface area contributed by atoms with Crippen LogP contribution in [-0.2, 0) is 6.18 Å². The highest BCUT2D eigenvalue weighted by atomic mass is 19.4. The molecule has 13 heteroatoms. The van der Waals surface area contributed by atoms with E-state index in [1.54, 1.807) is 13.0 Å². The summed E-state index contributed by atoms with van der Waals surface area (Å²) in [5.74, 6) is -3.28. The zero-order valence-corrected chi connectivity index (χ0v) is 17.2. The van der Waals surface area contributed by atoms with E-state index in [4.69, 9.17) is 0 Å². The van der Waals surface area contributed by atoms with Crippen molar-refractivity contribution in [3.63, 3.8) is 0 Å². The molecule has 4 rings (SSSR count). The number of aromatic nitrogens is 5.